The molecule has 0 radical (unpaired) electrons. The fourth-order valence-electron chi connectivity index (χ4n) is 2.06. The van der Waals surface area contributed by atoms with Gasteiger partial charge in [0.2, 0.25) is 5.91 Å². The van der Waals surface area contributed by atoms with Crippen molar-refractivity contribution in [3.63, 3.8) is 0 Å². The topological polar surface area (TPSA) is 75.6 Å². The Hall–Kier alpha value is -1.31. The van der Waals surface area contributed by atoms with Gasteiger partial charge in [-0.3, -0.25) is 9.59 Å². The minimum Gasteiger partial charge on any atom is -0.481 e. The molecule has 0 heterocycles. The summed E-state index contributed by atoms with van der Waals surface area (Å²) in [6, 6.07) is -0.321. The molecule has 2 atom stereocenters. The van der Waals surface area contributed by atoms with Crippen LogP contribution in [0.1, 0.15) is 32.1 Å². The van der Waals surface area contributed by atoms with Crippen molar-refractivity contribution in [2.24, 2.45) is 0 Å². The smallest absolute Gasteiger partial charge is 0.411 e. The first-order chi connectivity index (χ1) is 8.76. The lowest BCUT2D eigenvalue weighted by molar-refractivity contribution is -0.188. The van der Waals surface area contributed by atoms with Crippen molar-refractivity contribution < 1.29 is 32.6 Å². The number of rotatable bonds is 5. The minimum absolute atomic E-state index is 0.279. The standard InChI is InChI=1S/C11H16F3NO4/c12-11(13,14)6-19-8-3-1-2-7(4-8)15-9(16)5-10(17)18/h7-8H,1-6H2,(H,15,16)(H,17,18). The van der Waals surface area contributed by atoms with Crippen LogP contribution in [-0.4, -0.2) is 41.9 Å². The second kappa shape index (κ2) is 6.74. The van der Waals surface area contributed by atoms with Gasteiger partial charge < -0.3 is 15.2 Å². The van der Waals surface area contributed by atoms with Gasteiger partial charge >= 0.3 is 12.1 Å². The van der Waals surface area contributed by atoms with Crippen LogP contribution in [0.25, 0.3) is 0 Å². The Balaban J connectivity index is 2.33. The molecule has 1 amide bonds. The summed E-state index contributed by atoms with van der Waals surface area (Å²) in [7, 11) is 0. The highest BCUT2D eigenvalue weighted by Crippen LogP contribution is 2.24. The molecular formula is C11H16F3NO4. The maximum absolute atomic E-state index is 12.0. The molecule has 19 heavy (non-hydrogen) atoms. The van der Waals surface area contributed by atoms with Gasteiger partial charge in [0.25, 0.3) is 0 Å². The molecule has 1 aliphatic carbocycles. The summed E-state index contributed by atoms with van der Waals surface area (Å²) in [4.78, 5) is 21.6. The molecule has 1 aliphatic rings. The number of alkyl halides is 3. The number of ether oxygens (including phenoxy) is 1. The summed E-state index contributed by atoms with van der Waals surface area (Å²) in [5.74, 6) is -1.87. The molecule has 2 unspecified atom stereocenters. The predicted octanol–water partition coefficient (Wildman–Crippen LogP) is 1.47. The summed E-state index contributed by atoms with van der Waals surface area (Å²) in [6.07, 6.45) is -3.49. The fraction of sp³-hybridized carbons (Fsp3) is 0.818. The molecule has 0 aromatic carbocycles. The second-order valence-corrected chi connectivity index (χ2v) is 4.55. The molecule has 8 heteroatoms. The molecule has 0 saturated heterocycles. The van der Waals surface area contributed by atoms with E-state index in [2.05, 4.69) is 5.32 Å². The van der Waals surface area contributed by atoms with E-state index < -0.39 is 37.2 Å². The number of nitrogens with one attached hydrogen (secondary N) is 1. The van der Waals surface area contributed by atoms with E-state index in [0.717, 1.165) is 0 Å². The van der Waals surface area contributed by atoms with E-state index in [1.54, 1.807) is 0 Å². The van der Waals surface area contributed by atoms with E-state index in [1.807, 2.05) is 0 Å². The number of halogens is 3. The number of carboxylic acids is 1. The third-order valence-corrected chi connectivity index (χ3v) is 2.79. The number of hydrogen-bond donors (Lipinski definition) is 2. The number of hydrogen-bond acceptors (Lipinski definition) is 3. The Labute approximate surface area is 108 Å². The fourth-order valence-corrected chi connectivity index (χ4v) is 2.06. The first kappa shape index (κ1) is 15.7. The second-order valence-electron chi connectivity index (χ2n) is 4.55. The maximum Gasteiger partial charge on any atom is 0.411 e. The largest absolute Gasteiger partial charge is 0.481 e. The van der Waals surface area contributed by atoms with Crippen LogP contribution in [0.4, 0.5) is 13.2 Å². The van der Waals surface area contributed by atoms with Gasteiger partial charge in [0, 0.05) is 6.04 Å². The number of carboxylic acid groups (broad SMARTS) is 1. The normalized spacial score (nSPS) is 23.9. The van der Waals surface area contributed by atoms with Crippen LogP contribution in [0, 0.1) is 0 Å². The Bertz CT molecular complexity index is 332. The lowest BCUT2D eigenvalue weighted by atomic mass is 9.92. The average Bonchev–Trinajstić information content (AvgIpc) is 2.24. The Morgan fingerprint density at radius 2 is 2.00 bits per heavy atom. The SMILES string of the molecule is O=C(O)CC(=O)NC1CCCC(OCC(F)(F)F)C1. The van der Waals surface area contributed by atoms with E-state index in [1.165, 1.54) is 0 Å². The van der Waals surface area contributed by atoms with Crippen molar-refractivity contribution in [3.8, 4) is 0 Å². The molecule has 0 aromatic rings. The van der Waals surface area contributed by atoms with Gasteiger partial charge in [-0.2, -0.15) is 13.2 Å². The molecule has 2 N–H and O–H groups in total. The molecule has 110 valence electrons. The van der Waals surface area contributed by atoms with Gasteiger partial charge in [-0.1, -0.05) is 0 Å². The Morgan fingerprint density at radius 3 is 2.58 bits per heavy atom. The molecule has 1 fully saturated rings. The molecule has 0 aliphatic heterocycles. The van der Waals surface area contributed by atoms with Gasteiger partial charge in [-0.05, 0) is 25.7 Å². The summed E-state index contributed by atoms with van der Waals surface area (Å²) >= 11 is 0. The van der Waals surface area contributed by atoms with Crippen LogP contribution in [0.2, 0.25) is 0 Å². The lowest BCUT2D eigenvalue weighted by Crippen LogP contribution is -2.41. The molecule has 1 saturated carbocycles. The predicted molar refractivity (Wildman–Crippen MR) is 58.4 cm³/mol. The van der Waals surface area contributed by atoms with Crippen molar-refractivity contribution in [1.29, 1.82) is 0 Å². The van der Waals surface area contributed by atoms with Crippen molar-refractivity contribution in [1.82, 2.24) is 5.32 Å². The lowest BCUT2D eigenvalue weighted by Gasteiger charge is -2.29. The van der Waals surface area contributed by atoms with Gasteiger partial charge in [0.15, 0.2) is 0 Å². The molecular weight excluding hydrogens is 267 g/mol. The monoisotopic (exact) mass is 283 g/mol. The Morgan fingerprint density at radius 1 is 1.32 bits per heavy atom. The summed E-state index contributed by atoms with van der Waals surface area (Å²) in [6.45, 7) is -1.30. The van der Waals surface area contributed by atoms with E-state index >= 15 is 0 Å². The number of carbonyl (C=O) groups is 2. The van der Waals surface area contributed by atoms with Crippen LogP contribution in [0.3, 0.4) is 0 Å². The zero-order chi connectivity index (χ0) is 14.5. The third-order valence-electron chi connectivity index (χ3n) is 2.79. The van der Waals surface area contributed by atoms with Gasteiger partial charge in [0.1, 0.15) is 13.0 Å². The Kier molecular flexibility index (Phi) is 5.59. The van der Waals surface area contributed by atoms with Gasteiger partial charge in [-0.25, -0.2) is 0 Å². The van der Waals surface area contributed by atoms with Crippen molar-refractivity contribution >= 4 is 11.9 Å². The molecule has 0 aromatic heterocycles. The first-order valence-electron chi connectivity index (χ1n) is 5.96. The van der Waals surface area contributed by atoms with E-state index in [4.69, 9.17) is 9.84 Å². The van der Waals surface area contributed by atoms with Crippen molar-refractivity contribution in [2.75, 3.05) is 6.61 Å². The highest BCUT2D eigenvalue weighted by atomic mass is 19.4. The molecule has 0 spiro atoms. The maximum atomic E-state index is 12.0. The van der Waals surface area contributed by atoms with Crippen molar-refractivity contribution in [3.05, 3.63) is 0 Å². The quantitative estimate of drug-likeness (QED) is 0.749. The minimum atomic E-state index is -4.36. The van der Waals surface area contributed by atoms with Crippen LogP contribution in [0.5, 0.6) is 0 Å². The van der Waals surface area contributed by atoms with Gasteiger partial charge in [-0.15, -0.1) is 0 Å². The van der Waals surface area contributed by atoms with E-state index in [9.17, 15) is 22.8 Å². The summed E-state index contributed by atoms with van der Waals surface area (Å²) in [5.41, 5.74) is 0. The third kappa shape index (κ3) is 7.00. The van der Waals surface area contributed by atoms with E-state index in [-0.39, 0.29) is 12.5 Å². The zero-order valence-electron chi connectivity index (χ0n) is 10.2. The number of carbonyl (C=O) groups excluding carboxylic acids is 1. The summed E-state index contributed by atoms with van der Waals surface area (Å²) in [5, 5.41) is 10.9. The number of amides is 1. The summed E-state index contributed by atoms with van der Waals surface area (Å²) < 4.78 is 40.8. The van der Waals surface area contributed by atoms with Gasteiger partial charge in [0.05, 0.1) is 6.10 Å². The van der Waals surface area contributed by atoms with Crippen LogP contribution in [-0.2, 0) is 14.3 Å². The van der Waals surface area contributed by atoms with Crippen LogP contribution < -0.4 is 5.32 Å². The van der Waals surface area contributed by atoms with Crippen molar-refractivity contribution in [2.45, 2.75) is 50.4 Å². The van der Waals surface area contributed by atoms with E-state index in [0.29, 0.717) is 19.3 Å². The molecule has 0 bridgehead atoms. The number of aliphatic carboxylic acids is 1. The van der Waals surface area contributed by atoms with Crippen LogP contribution >= 0.6 is 0 Å². The average molecular weight is 283 g/mol. The highest BCUT2D eigenvalue weighted by Gasteiger charge is 2.31. The van der Waals surface area contributed by atoms with Crippen LogP contribution in [0.15, 0.2) is 0 Å². The first-order valence-corrected chi connectivity index (χ1v) is 5.96. The molecule has 5 nitrogen and oxygen atoms in total. The zero-order valence-corrected chi connectivity index (χ0v) is 10.2. The molecule has 1 rings (SSSR count). The highest BCUT2D eigenvalue weighted by molar-refractivity contribution is 5.93.